The quantitative estimate of drug-likeness (QED) is 0.279. The Bertz CT molecular complexity index is 1240. The van der Waals surface area contributed by atoms with E-state index in [1.54, 1.807) is 7.11 Å². The van der Waals surface area contributed by atoms with Gasteiger partial charge in [0.2, 0.25) is 5.96 Å². The van der Waals surface area contributed by atoms with Crippen LogP contribution in [0.25, 0.3) is 0 Å². The smallest absolute Gasteiger partial charge is 0.280 e. The predicted octanol–water partition coefficient (Wildman–Crippen LogP) is 5.04. The van der Waals surface area contributed by atoms with Crippen molar-refractivity contribution in [1.82, 2.24) is 16.2 Å². The standard InChI is InChI=1S/C24H21Cl2F2N5O2/c1-35-18-5-2-13(3-6-18)21-12-22(33-32-21)30-24(29-17-10-15(25)9-16(27)11-17)31-23(34)14-4-7-19(26)20(28)8-14/h2-11,21-22,32-33H,12H2,1H3,(H2,29,30,31,34). The molecule has 0 aliphatic carbocycles. The first kappa shape index (κ1) is 24.9. The Morgan fingerprint density at radius 2 is 1.83 bits per heavy atom. The number of carbonyl (C=O) groups is 1. The Morgan fingerprint density at radius 1 is 1.06 bits per heavy atom. The van der Waals surface area contributed by atoms with Crippen molar-refractivity contribution in [2.75, 3.05) is 12.4 Å². The molecule has 4 rings (SSSR count). The molecule has 0 saturated carbocycles. The number of rotatable bonds is 5. The van der Waals surface area contributed by atoms with Crippen molar-refractivity contribution < 1.29 is 18.3 Å². The number of aliphatic imine (C=N–C) groups is 1. The molecule has 7 nitrogen and oxygen atoms in total. The van der Waals surface area contributed by atoms with Crippen LogP contribution in [0, 0.1) is 11.6 Å². The number of halogens is 4. The zero-order chi connectivity index (χ0) is 24.9. The molecular weight excluding hydrogens is 499 g/mol. The first-order valence-electron chi connectivity index (χ1n) is 10.5. The monoisotopic (exact) mass is 519 g/mol. The Kier molecular flexibility index (Phi) is 7.82. The van der Waals surface area contributed by atoms with Crippen LogP contribution in [-0.2, 0) is 0 Å². The number of hydrazine groups is 1. The highest BCUT2D eigenvalue weighted by Gasteiger charge is 2.26. The summed E-state index contributed by atoms with van der Waals surface area (Å²) in [5, 5.41) is 6.02. The Morgan fingerprint density at radius 3 is 2.51 bits per heavy atom. The third-order valence-electron chi connectivity index (χ3n) is 5.24. The van der Waals surface area contributed by atoms with E-state index in [4.69, 9.17) is 27.9 Å². The van der Waals surface area contributed by atoms with Crippen molar-refractivity contribution in [1.29, 1.82) is 0 Å². The zero-order valence-corrected chi connectivity index (χ0v) is 19.9. The van der Waals surface area contributed by atoms with Crippen LogP contribution in [0.15, 0.2) is 65.7 Å². The Hall–Kier alpha value is -3.24. The number of carbonyl (C=O) groups excluding carboxylic acids is 1. The molecule has 1 fully saturated rings. The third kappa shape index (κ3) is 6.46. The fourth-order valence-electron chi connectivity index (χ4n) is 3.52. The van der Waals surface area contributed by atoms with Gasteiger partial charge in [-0.05, 0) is 54.1 Å². The number of hydrogen-bond donors (Lipinski definition) is 4. The fraction of sp³-hybridized carbons (Fsp3) is 0.167. The molecule has 0 aromatic heterocycles. The molecule has 1 saturated heterocycles. The third-order valence-corrected chi connectivity index (χ3v) is 5.76. The maximum Gasteiger partial charge on any atom is 0.280 e. The second kappa shape index (κ2) is 11.0. The number of amides is 1. The van der Waals surface area contributed by atoms with Gasteiger partial charge in [-0.25, -0.2) is 19.6 Å². The Balaban J connectivity index is 1.54. The van der Waals surface area contributed by atoms with E-state index in [2.05, 4.69) is 26.5 Å². The summed E-state index contributed by atoms with van der Waals surface area (Å²) in [5.41, 5.74) is 7.58. The van der Waals surface area contributed by atoms with Gasteiger partial charge < -0.3 is 15.4 Å². The molecule has 182 valence electrons. The minimum Gasteiger partial charge on any atom is -0.497 e. The summed E-state index contributed by atoms with van der Waals surface area (Å²) < 4.78 is 32.9. The molecule has 0 bridgehead atoms. The SMILES string of the molecule is COc1ccc(C2CC(N/C(=N\C(=O)c3ccc(Cl)c(F)c3)Nc3cc(F)cc(Cl)c3)NN2)cc1. The van der Waals surface area contributed by atoms with Gasteiger partial charge in [0, 0.05) is 28.7 Å². The minimum atomic E-state index is -0.740. The van der Waals surface area contributed by atoms with Gasteiger partial charge in [-0.3, -0.25) is 4.79 Å². The second-order valence-electron chi connectivity index (χ2n) is 7.72. The zero-order valence-electron chi connectivity index (χ0n) is 18.4. The fourth-order valence-corrected chi connectivity index (χ4v) is 3.86. The van der Waals surface area contributed by atoms with Gasteiger partial charge in [-0.2, -0.15) is 4.99 Å². The maximum absolute atomic E-state index is 13.8. The molecule has 35 heavy (non-hydrogen) atoms. The van der Waals surface area contributed by atoms with Crippen LogP contribution in [0.5, 0.6) is 5.75 Å². The van der Waals surface area contributed by atoms with Crippen LogP contribution in [0.2, 0.25) is 10.0 Å². The largest absolute Gasteiger partial charge is 0.497 e. The summed E-state index contributed by atoms with van der Waals surface area (Å²) in [6, 6.07) is 15.1. The highest BCUT2D eigenvalue weighted by molar-refractivity contribution is 6.31. The topological polar surface area (TPSA) is 86.8 Å². The first-order chi connectivity index (χ1) is 16.8. The van der Waals surface area contributed by atoms with Crippen LogP contribution in [-0.4, -0.2) is 25.1 Å². The summed E-state index contributed by atoms with van der Waals surface area (Å²) in [6.07, 6.45) is 0.230. The number of ether oxygens (including phenoxy) is 1. The van der Waals surface area contributed by atoms with Crippen molar-refractivity contribution in [3.05, 3.63) is 93.5 Å². The molecule has 0 radical (unpaired) electrons. The lowest BCUT2D eigenvalue weighted by Crippen LogP contribution is -2.47. The van der Waals surface area contributed by atoms with Crippen molar-refractivity contribution in [3.63, 3.8) is 0 Å². The van der Waals surface area contributed by atoms with Crippen LogP contribution in [0.4, 0.5) is 14.5 Å². The predicted molar refractivity (Wildman–Crippen MR) is 132 cm³/mol. The molecule has 0 spiro atoms. The Labute approximate surface area is 210 Å². The van der Waals surface area contributed by atoms with Gasteiger partial charge in [-0.15, -0.1) is 0 Å². The number of nitrogens with zero attached hydrogens (tertiary/aromatic N) is 1. The molecule has 1 aliphatic rings. The van der Waals surface area contributed by atoms with Crippen LogP contribution < -0.4 is 26.2 Å². The average molecular weight is 520 g/mol. The van der Waals surface area contributed by atoms with E-state index in [0.29, 0.717) is 6.42 Å². The van der Waals surface area contributed by atoms with E-state index < -0.39 is 17.5 Å². The number of guanidine groups is 1. The molecule has 2 atom stereocenters. The number of benzene rings is 3. The van der Waals surface area contributed by atoms with Crippen molar-refractivity contribution >= 4 is 40.8 Å². The number of anilines is 1. The number of hydrogen-bond acceptors (Lipinski definition) is 4. The van der Waals surface area contributed by atoms with E-state index in [9.17, 15) is 13.6 Å². The highest BCUT2D eigenvalue weighted by atomic mass is 35.5. The highest BCUT2D eigenvalue weighted by Crippen LogP contribution is 2.24. The molecule has 11 heteroatoms. The molecule has 3 aromatic carbocycles. The molecular formula is C24H21Cl2F2N5O2. The summed E-state index contributed by atoms with van der Waals surface area (Å²) in [7, 11) is 1.60. The van der Waals surface area contributed by atoms with Gasteiger partial charge in [0.05, 0.1) is 18.3 Å². The van der Waals surface area contributed by atoms with Crippen LogP contribution in [0.3, 0.4) is 0 Å². The van der Waals surface area contributed by atoms with E-state index in [1.165, 1.54) is 24.3 Å². The second-order valence-corrected chi connectivity index (χ2v) is 8.57. The van der Waals surface area contributed by atoms with E-state index >= 15 is 0 Å². The van der Waals surface area contributed by atoms with Gasteiger partial charge in [0.1, 0.15) is 17.4 Å². The lowest BCUT2D eigenvalue weighted by Gasteiger charge is -2.17. The molecule has 1 amide bonds. The molecule has 1 aliphatic heterocycles. The van der Waals surface area contributed by atoms with Crippen molar-refractivity contribution in [2.45, 2.75) is 18.6 Å². The summed E-state index contributed by atoms with van der Waals surface area (Å²) in [6.45, 7) is 0. The summed E-state index contributed by atoms with van der Waals surface area (Å²) >= 11 is 11.7. The van der Waals surface area contributed by atoms with Gasteiger partial charge in [0.15, 0.2) is 0 Å². The first-order valence-corrected chi connectivity index (χ1v) is 11.3. The van der Waals surface area contributed by atoms with Crippen molar-refractivity contribution in [2.24, 2.45) is 4.99 Å². The number of nitrogens with one attached hydrogen (secondary N) is 4. The summed E-state index contributed by atoms with van der Waals surface area (Å²) in [5.74, 6) is -1.27. The molecule has 4 N–H and O–H groups in total. The van der Waals surface area contributed by atoms with E-state index in [-0.39, 0.29) is 39.5 Å². The molecule has 2 unspecified atom stereocenters. The van der Waals surface area contributed by atoms with Crippen molar-refractivity contribution in [3.8, 4) is 5.75 Å². The van der Waals surface area contributed by atoms with Crippen LogP contribution >= 0.6 is 23.2 Å². The lowest BCUT2D eigenvalue weighted by molar-refractivity contribution is 0.100. The average Bonchev–Trinajstić information content (AvgIpc) is 3.28. The van der Waals surface area contributed by atoms with Gasteiger partial charge in [0.25, 0.3) is 5.91 Å². The van der Waals surface area contributed by atoms with Gasteiger partial charge in [-0.1, -0.05) is 35.3 Å². The van der Waals surface area contributed by atoms with Gasteiger partial charge >= 0.3 is 0 Å². The minimum absolute atomic E-state index is 0.00103. The maximum atomic E-state index is 13.8. The van der Waals surface area contributed by atoms with E-state index in [1.807, 2.05) is 24.3 Å². The molecule has 1 heterocycles. The van der Waals surface area contributed by atoms with E-state index in [0.717, 1.165) is 23.4 Å². The normalized spacial score (nSPS) is 17.8. The lowest BCUT2D eigenvalue weighted by atomic mass is 10.0. The summed E-state index contributed by atoms with van der Waals surface area (Å²) in [4.78, 5) is 16.8. The van der Waals surface area contributed by atoms with Crippen LogP contribution in [0.1, 0.15) is 28.4 Å². The number of methoxy groups -OCH3 is 1. The molecule has 3 aromatic rings.